The first kappa shape index (κ1) is 12.2. The summed E-state index contributed by atoms with van der Waals surface area (Å²) in [6.07, 6.45) is -1.52. The van der Waals surface area contributed by atoms with Gasteiger partial charge in [0.1, 0.15) is 6.10 Å². The minimum atomic E-state index is -0.793. The average molecular weight is 208 g/mol. The molecule has 0 heterocycles. The maximum absolute atomic E-state index is 9.64. The third kappa shape index (κ3) is 3.05. The molecular formula is C13H20O2. The Morgan fingerprint density at radius 3 is 1.80 bits per heavy atom. The fourth-order valence-electron chi connectivity index (χ4n) is 1.46. The van der Waals surface area contributed by atoms with Crippen LogP contribution in [0.4, 0.5) is 0 Å². The Balaban J connectivity index is 2.91. The molecule has 0 fully saturated rings. The van der Waals surface area contributed by atoms with Gasteiger partial charge in [-0.2, -0.15) is 0 Å². The molecule has 1 aromatic carbocycles. The van der Waals surface area contributed by atoms with Crippen LogP contribution in [0.25, 0.3) is 0 Å². The SMILES string of the molecule is C[C@H](O)[C@@H](O)c1ccc(C(C)(C)C)cc1. The second kappa shape index (κ2) is 4.33. The summed E-state index contributed by atoms with van der Waals surface area (Å²) >= 11 is 0. The first-order valence-corrected chi connectivity index (χ1v) is 5.29. The zero-order valence-electron chi connectivity index (χ0n) is 9.86. The Hall–Kier alpha value is -0.860. The van der Waals surface area contributed by atoms with Crippen molar-refractivity contribution >= 4 is 0 Å². The summed E-state index contributed by atoms with van der Waals surface area (Å²) in [6.45, 7) is 8.02. The maximum atomic E-state index is 9.64. The lowest BCUT2D eigenvalue weighted by Crippen LogP contribution is -2.15. The van der Waals surface area contributed by atoms with Gasteiger partial charge in [-0.05, 0) is 23.5 Å². The second-order valence-corrected chi connectivity index (χ2v) is 5.06. The van der Waals surface area contributed by atoms with E-state index in [1.807, 2.05) is 24.3 Å². The molecule has 2 heteroatoms. The van der Waals surface area contributed by atoms with E-state index >= 15 is 0 Å². The van der Waals surface area contributed by atoms with Crippen molar-refractivity contribution in [2.45, 2.75) is 45.3 Å². The van der Waals surface area contributed by atoms with Crippen molar-refractivity contribution in [3.05, 3.63) is 35.4 Å². The van der Waals surface area contributed by atoms with Crippen LogP contribution in [-0.4, -0.2) is 16.3 Å². The van der Waals surface area contributed by atoms with Gasteiger partial charge >= 0.3 is 0 Å². The van der Waals surface area contributed by atoms with E-state index in [0.717, 1.165) is 5.56 Å². The first-order chi connectivity index (χ1) is 6.82. The van der Waals surface area contributed by atoms with E-state index in [2.05, 4.69) is 20.8 Å². The third-order valence-electron chi connectivity index (χ3n) is 2.58. The van der Waals surface area contributed by atoms with Crippen LogP contribution in [-0.2, 0) is 5.41 Å². The molecule has 2 atom stereocenters. The van der Waals surface area contributed by atoms with Crippen LogP contribution in [0.1, 0.15) is 44.9 Å². The molecule has 15 heavy (non-hydrogen) atoms. The van der Waals surface area contributed by atoms with E-state index in [0.29, 0.717) is 0 Å². The Morgan fingerprint density at radius 1 is 1.00 bits per heavy atom. The standard InChI is InChI=1S/C13H20O2/c1-9(14)12(15)10-5-7-11(8-6-10)13(2,3)4/h5-9,12,14-15H,1-4H3/t9-,12+/m0/s1. The molecule has 2 nitrogen and oxygen atoms in total. The van der Waals surface area contributed by atoms with E-state index in [-0.39, 0.29) is 5.41 Å². The summed E-state index contributed by atoms with van der Waals surface area (Å²) in [7, 11) is 0. The fraction of sp³-hybridized carbons (Fsp3) is 0.538. The largest absolute Gasteiger partial charge is 0.390 e. The molecule has 0 spiro atoms. The van der Waals surface area contributed by atoms with Crippen LogP contribution in [0.5, 0.6) is 0 Å². The van der Waals surface area contributed by atoms with Crippen molar-refractivity contribution in [3.8, 4) is 0 Å². The van der Waals surface area contributed by atoms with Gasteiger partial charge in [-0.3, -0.25) is 0 Å². The Labute approximate surface area is 91.6 Å². The molecule has 0 radical (unpaired) electrons. The number of benzene rings is 1. The Morgan fingerprint density at radius 2 is 1.47 bits per heavy atom. The quantitative estimate of drug-likeness (QED) is 0.783. The van der Waals surface area contributed by atoms with E-state index in [1.165, 1.54) is 5.56 Å². The highest BCUT2D eigenvalue weighted by atomic mass is 16.3. The zero-order chi connectivity index (χ0) is 11.6. The van der Waals surface area contributed by atoms with Crippen LogP contribution in [0.15, 0.2) is 24.3 Å². The number of rotatable bonds is 2. The van der Waals surface area contributed by atoms with E-state index in [4.69, 9.17) is 0 Å². The van der Waals surface area contributed by atoms with E-state index in [9.17, 15) is 10.2 Å². The van der Waals surface area contributed by atoms with Crippen LogP contribution in [0.3, 0.4) is 0 Å². The molecule has 0 unspecified atom stereocenters. The molecule has 84 valence electrons. The third-order valence-corrected chi connectivity index (χ3v) is 2.58. The molecule has 0 aliphatic rings. The summed E-state index contributed by atoms with van der Waals surface area (Å²) < 4.78 is 0. The van der Waals surface area contributed by atoms with Crippen molar-refractivity contribution in [1.82, 2.24) is 0 Å². The monoisotopic (exact) mass is 208 g/mol. The lowest BCUT2D eigenvalue weighted by Gasteiger charge is -2.20. The van der Waals surface area contributed by atoms with Gasteiger partial charge in [0.25, 0.3) is 0 Å². The minimum absolute atomic E-state index is 0.119. The topological polar surface area (TPSA) is 40.5 Å². The number of aliphatic hydroxyl groups excluding tert-OH is 2. The van der Waals surface area contributed by atoms with E-state index in [1.54, 1.807) is 6.92 Å². The lowest BCUT2D eigenvalue weighted by molar-refractivity contribution is 0.0305. The summed E-state index contributed by atoms with van der Waals surface area (Å²) in [4.78, 5) is 0. The minimum Gasteiger partial charge on any atom is -0.390 e. The van der Waals surface area contributed by atoms with Crippen molar-refractivity contribution < 1.29 is 10.2 Å². The van der Waals surface area contributed by atoms with Gasteiger partial charge in [-0.1, -0.05) is 45.0 Å². The molecule has 0 saturated heterocycles. The first-order valence-electron chi connectivity index (χ1n) is 5.29. The smallest absolute Gasteiger partial charge is 0.105 e. The average Bonchev–Trinajstić information content (AvgIpc) is 2.15. The van der Waals surface area contributed by atoms with Gasteiger partial charge in [0.05, 0.1) is 6.10 Å². The fourth-order valence-corrected chi connectivity index (χ4v) is 1.46. The van der Waals surface area contributed by atoms with Crippen LogP contribution in [0, 0.1) is 0 Å². The number of aliphatic hydroxyl groups is 2. The van der Waals surface area contributed by atoms with Crippen molar-refractivity contribution in [2.24, 2.45) is 0 Å². The lowest BCUT2D eigenvalue weighted by atomic mass is 9.86. The number of hydrogen-bond acceptors (Lipinski definition) is 2. The van der Waals surface area contributed by atoms with Crippen LogP contribution < -0.4 is 0 Å². The molecule has 0 aliphatic heterocycles. The van der Waals surface area contributed by atoms with Crippen LogP contribution >= 0.6 is 0 Å². The molecule has 0 amide bonds. The highest BCUT2D eigenvalue weighted by Gasteiger charge is 2.16. The maximum Gasteiger partial charge on any atom is 0.105 e. The second-order valence-electron chi connectivity index (χ2n) is 5.06. The van der Waals surface area contributed by atoms with Crippen molar-refractivity contribution in [2.75, 3.05) is 0 Å². The van der Waals surface area contributed by atoms with E-state index < -0.39 is 12.2 Å². The molecule has 2 N–H and O–H groups in total. The molecule has 1 aromatic rings. The highest BCUT2D eigenvalue weighted by Crippen LogP contribution is 2.24. The van der Waals surface area contributed by atoms with Crippen LogP contribution in [0.2, 0.25) is 0 Å². The predicted molar refractivity (Wildman–Crippen MR) is 61.8 cm³/mol. The molecule has 0 saturated carbocycles. The van der Waals surface area contributed by atoms with Gasteiger partial charge in [-0.25, -0.2) is 0 Å². The van der Waals surface area contributed by atoms with Crippen molar-refractivity contribution in [3.63, 3.8) is 0 Å². The van der Waals surface area contributed by atoms with Gasteiger partial charge in [0.2, 0.25) is 0 Å². The summed E-state index contributed by atoms with van der Waals surface area (Å²) in [5, 5.41) is 18.9. The van der Waals surface area contributed by atoms with Gasteiger partial charge in [0, 0.05) is 0 Å². The Kier molecular flexibility index (Phi) is 3.53. The molecule has 1 rings (SSSR count). The molecular weight excluding hydrogens is 188 g/mol. The zero-order valence-corrected chi connectivity index (χ0v) is 9.86. The molecule has 0 aromatic heterocycles. The van der Waals surface area contributed by atoms with Gasteiger partial charge < -0.3 is 10.2 Å². The summed E-state index contributed by atoms with van der Waals surface area (Å²) in [5.74, 6) is 0. The van der Waals surface area contributed by atoms with Gasteiger partial charge in [0.15, 0.2) is 0 Å². The predicted octanol–water partition coefficient (Wildman–Crippen LogP) is 2.40. The molecule has 0 aliphatic carbocycles. The molecule has 0 bridgehead atoms. The van der Waals surface area contributed by atoms with Gasteiger partial charge in [-0.15, -0.1) is 0 Å². The summed E-state index contributed by atoms with van der Waals surface area (Å²) in [5.41, 5.74) is 2.11. The summed E-state index contributed by atoms with van der Waals surface area (Å²) in [6, 6.07) is 7.75. The normalized spacial score (nSPS) is 16.1. The number of hydrogen-bond donors (Lipinski definition) is 2. The Bertz CT molecular complexity index is 306. The van der Waals surface area contributed by atoms with Crippen molar-refractivity contribution in [1.29, 1.82) is 0 Å². The highest BCUT2D eigenvalue weighted by molar-refractivity contribution is 5.28.